The van der Waals surface area contributed by atoms with E-state index in [1.807, 2.05) is 6.92 Å². The summed E-state index contributed by atoms with van der Waals surface area (Å²) in [4.78, 5) is 11.0. The Morgan fingerprint density at radius 2 is 2.40 bits per heavy atom. The van der Waals surface area contributed by atoms with Gasteiger partial charge in [-0.2, -0.15) is 0 Å². The van der Waals surface area contributed by atoms with E-state index in [4.69, 9.17) is 14.6 Å². The third kappa shape index (κ3) is 3.77. The lowest BCUT2D eigenvalue weighted by molar-refractivity contribution is -0.143. The van der Waals surface area contributed by atoms with Crippen LogP contribution in [0.5, 0.6) is 0 Å². The Kier molecular flexibility index (Phi) is 5.01. The minimum atomic E-state index is -0.856. The predicted octanol–water partition coefficient (Wildman–Crippen LogP) is 0.243. The Bertz CT molecular complexity index is 210. The van der Waals surface area contributed by atoms with E-state index in [0.29, 0.717) is 13.2 Å². The number of nitrogens with one attached hydrogen (secondary N) is 1. The van der Waals surface area contributed by atoms with Crippen LogP contribution in [0.25, 0.3) is 0 Å². The Hall–Kier alpha value is -0.650. The van der Waals surface area contributed by atoms with E-state index in [0.717, 1.165) is 12.8 Å². The number of rotatable bonds is 6. The van der Waals surface area contributed by atoms with E-state index in [2.05, 4.69) is 5.32 Å². The third-order valence-corrected chi connectivity index (χ3v) is 2.57. The van der Waals surface area contributed by atoms with Crippen molar-refractivity contribution >= 4 is 5.97 Å². The fourth-order valence-corrected chi connectivity index (χ4v) is 1.77. The van der Waals surface area contributed by atoms with Crippen LogP contribution >= 0.6 is 0 Å². The maximum absolute atomic E-state index is 11.0. The first kappa shape index (κ1) is 12.4. The second-order valence-corrected chi connectivity index (χ2v) is 3.83. The van der Waals surface area contributed by atoms with Gasteiger partial charge < -0.3 is 14.6 Å². The van der Waals surface area contributed by atoms with E-state index in [1.165, 1.54) is 0 Å². The smallest absolute Gasteiger partial charge is 0.323 e. The van der Waals surface area contributed by atoms with Crippen molar-refractivity contribution < 1.29 is 19.4 Å². The van der Waals surface area contributed by atoms with E-state index in [9.17, 15) is 4.79 Å². The maximum atomic E-state index is 11.0. The van der Waals surface area contributed by atoms with Gasteiger partial charge in [0.25, 0.3) is 0 Å². The van der Waals surface area contributed by atoms with Gasteiger partial charge in [-0.3, -0.25) is 10.1 Å². The summed E-state index contributed by atoms with van der Waals surface area (Å²) >= 11 is 0. The first-order valence-electron chi connectivity index (χ1n) is 5.25. The fraction of sp³-hybridized carbons (Fsp3) is 0.900. The van der Waals surface area contributed by atoms with Crippen molar-refractivity contribution in [3.8, 4) is 0 Å². The quantitative estimate of drug-likeness (QED) is 0.624. The van der Waals surface area contributed by atoms with Gasteiger partial charge in [-0.25, -0.2) is 0 Å². The van der Waals surface area contributed by atoms with Crippen LogP contribution in [0, 0.1) is 0 Å². The standard InChI is InChI=1S/C10H19NO4/c1-7-3-4-8(15-7)9(10(12)13)11-5-6-14-2/h7-9,11H,3-6H2,1-2H3,(H,12,13). The van der Waals surface area contributed by atoms with Crippen LogP contribution in [-0.2, 0) is 14.3 Å². The average Bonchev–Trinajstić information content (AvgIpc) is 2.59. The van der Waals surface area contributed by atoms with Crippen LogP contribution < -0.4 is 5.32 Å². The summed E-state index contributed by atoms with van der Waals surface area (Å²) in [6, 6.07) is -0.620. The van der Waals surface area contributed by atoms with Gasteiger partial charge in [0.15, 0.2) is 0 Å². The lowest BCUT2D eigenvalue weighted by Gasteiger charge is -2.20. The normalized spacial score (nSPS) is 27.9. The SMILES string of the molecule is COCCNC(C(=O)O)C1CCC(C)O1. The molecule has 3 unspecified atom stereocenters. The molecule has 1 aliphatic heterocycles. The summed E-state index contributed by atoms with van der Waals surface area (Å²) in [5.74, 6) is -0.856. The molecule has 0 aromatic rings. The summed E-state index contributed by atoms with van der Waals surface area (Å²) in [7, 11) is 1.59. The average molecular weight is 217 g/mol. The van der Waals surface area contributed by atoms with Gasteiger partial charge in [0, 0.05) is 13.7 Å². The minimum absolute atomic E-state index is 0.168. The molecule has 15 heavy (non-hydrogen) atoms. The molecule has 0 saturated carbocycles. The van der Waals surface area contributed by atoms with Crippen molar-refractivity contribution in [3.05, 3.63) is 0 Å². The number of carboxylic acids is 1. The molecule has 5 heteroatoms. The molecule has 0 aromatic carbocycles. The number of ether oxygens (including phenoxy) is 2. The molecule has 0 spiro atoms. The summed E-state index contributed by atoms with van der Waals surface area (Å²) in [5, 5.41) is 12.0. The summed E-state index contributed by atoms with van der Waals surface area (Å²) in [6.45, 7) is 3.00. The third-order valence-electron chi connectivity index (χ3n) is 2.57. The number of methoxy groups -OCH3 is 1. The largest absolute Gasteiger partial charge is 0.480 e. The monoisotopic (exact) mass is 217 g/mol. The highest BCUT2D eigenvalue weighted by molar-refractivity contribution is 5.74. The Morgan fingerprint density at radius 3 is 2.87 bits per heavy atom. The zero-order chi connectivity index (χ0) is 11.3. The highest BCUT2D eigenvalue weighted by Gasteiger charge is 2.33. The molecule has 0 amide bonds. The Morgan fingerprint density at radius 1 is 1.67 bits per heavy atom. The molecule has 0 bridgehead atoms. The van der Waals surface area contributed by atoms with Gasteiger partial charge in [-0.15, -0.1) is 0 Å². The molecule has 5 nitrogen and oxygen atoms in total. The molecule has 1 rings (SSSR count). The molecule has 2 N–H and O–H groups in total. The van der Waals surface area contributed by atoms with E-state index in [1.54, 1.807) is 7.11 Å². The second kappa shape index (κ2) is 6.05. The van der Waals surface area contributed by atoms with Crippen LogP contribution in [0.3, 0.4) is 0 Å². The second-order valence-electron chi connectivity index (χ2n) is 3.83. The molecule has 88 valence electrons. The lowest BCUT2D eigenvalue weighted by Crippen LogP contribution is -2.47. The van der Waals surface area contributed by atoms with Crippen LogP contribution in [-0.4, -0.2) is 49.6 Å². The Labute approximate surface area is 89.8 Å². The highest BCUT2D eigenvalue weighted by atomic mass is 16.5. The molecule has 0 radical (unpaired) electrons. The van der Waals surface area contributed by atoms with E-state index < -0.39 is 12.0 Å². The van der Waals surface area contributed by atoms with Crippen LogP contribution in [0.15, 0.2) is 0 Å². The van der Waals surface area contributed by atoms with Gasteiger partial charge in [-0.1, -0.05) is 0 Å². The number of hydrogen-bond donors (Lipinski definition) is 2. The number of aliphatic carboxylic acids is 1. The van der Waals surface area contributed by atoms with Crippen molar-refractivity contribution in [1.82, 2.24) is 5.32 Å². The number of hydrogen-bond acceptors (Lipinski definition) is 4. The summed E-state index contributed by atoms with van der Waals surface area (Å²) in [5.41, 5.74) is 0. The zero-order valence-electron chi connectivity index (χ0n) is 9.23. The molecule has 0 aliphatic carbocycles. The predicted molar refractivity (Wildman–Crippen MR) is 54.9 cm³/mol. The van der Waals surface area contributed by atoms with Crippen molar-refractivity contribution in [2.75, 3.05) is 20.3 Å². The molecule has 1 heterocycles. The molecule has 1 aliphatic rings. The molecular formula is C10H19NO4. The van der Waals surface area contributed by atoms with Crippen LogP contribution in [0.2, 0.25) is 0 Å². The zero-order valence-corrected chi connectivity index (χ0v) is 9.23. The number of carboxylic acid groups (broad SMARTS) is 1. The molecule has 1 saturated heterocycles. The van der Waals surface area contributed by atoms with Crippen molar-refractivity contribution in [3.63, 3.8) is 0 Å². The van der Waals surface area contributed by atoms with Gasteiger partial charge in [-0.05, 0) is 19.8 Å². The molecule has 3 atom stereocenters. The molecule has 0 aromatic heterocycles. The summed E-state index contributed by atoms with van der Waals surface area (Å²) < 4.78 is 10.4. The first-order chi connectivity index (χ1) is 7.15. The van der Waals surface area contributed by atoms with Gasteiger partial charge in [0.2, 0.25) is 0 Å². The fourth-order valence-electron chi connectivity index (χ4n) is 1.77. The van der Waals surface area contributed by atoms with Gasteiger partial charge >= 0.3 is 5.97 Å². The van der Waals surface area contributed by atoms with Crippen molar-refractivity contribution in [2.45, 2.75) is 38.0 Å². The molecule has 1 fully saturated rings. The van der Waals surface area contributed by atoms with Crippen molar-refractivity contribution in [1.29, 1.82) is 0 Å². The minimum Gasteiger partial charge on any atom is -0.480 e. The van der Waals surface area contributed by atoms with E-state index in [-0.39, 0.29) is 12.2 Å². The van der Waals surface area contributed by atoms with Crippen LogP contribution in [0.4, 0.5) is 0 Å². The summed E-state index contributed by atoms with van der Waals surface area (Å²) in [6.07, 6.45) is 1.69. The van der Waals surface area contributed by atoms with Gasteiger partial charge in [0.05, 0.1) is 18.8 Å². The van der Waals surface area contributed by atoms with Crippen LogP contribution in [0.1, 0.15) is 19.8 Å². The molecular weight excluding hydrogens is 198 g/mol. The van der Waals surface area contributed by atoms with Crippen molar-refractivity contribution in [2.24, 2.45) is 0 Å². The number of carbonyl (C=O) groups is 1. The Balaban J connectivity index is 2.39. The topological polar surface area (TPSA) is 67.8 Å². The maximum Gasteiger partial charge on any atom is 0.323 e. The van der Waals surface area contributed by atoms with Gasteiger partial charge in [0.1, 0.15) is 6.04 Å². The lowest BCUT2D eigenvalue weighted by atomic mass is 10.1. The first-order valence-corrected chi connectivity index (χ1v) is 5.25. The van der Waals surface area contributed by atoms with E-state index >= 15 is 0 Å². The highest BCUT2D eigenvalue weighted by Crippen LogP contribution is 2.21.